The molecule has 2 heterocycles. The van der Waals surface area contributed by atoms with Crippen molar-refractivity contribution in [3.63, 3.8) is 0 Å². The lowest BCUT2D eigenvalue weighted by Crippen LogP contribution is -2.53. The molecule has 8 nitrogen and oxygen atoms in total. The second-order valence-corrected chi connectivity index (χ2v) is 11.0. The summed E-state index contributed by atoms with van der Waals surface area (Å²) in [6, 6.07) is 4.49. The topological polar surface area (TPSA) is 122 Å². The number of hydrogen-bond donors (Lipinski definition) is 3. The first kappa shape index (κ1) is 23.6. The molecular weight excluding hydrogens is 422 g/mol. The van der Waals surface area contributed by atoms with Crippen molar-refractivity contribution in [3.05, 3.63) is 41.6 Å². The minimum Gasteiger partial charge on any atom is -0.480 e. The average Bonchev–Trinajstić information content (AvgIpc) is 3.04. The zero-order chi connectivity index (χ0) is 22.8. The van der Waals surface area contributed by atoms with Crippen LogP contribution in [0.3, 0.4) is 0 Å². The number of aliphatic carboxylic acids is 1. The zero-order valence-electron chi connectivity index (χ0n) is 17.9. The lowest BCUT2D eigenvalue weighted by molar-refractivity contribution is -0.141. The SMILES string of the molecule is Cc1ncc(-c2cc(F)ccc2CN2CCP(=O)(O)[C@](CCCCN)(C(=O)O)C2)n1C. The Labute approximate surface area is 181 Å². The number of aromatic nitrogens is 2. The standard InChI is InChI=1S/C21H30FN4O4P/c1-15-24-12-19(25(15)2)18-11-17(22)6-5-16(18)13-26-9-10-31(29,30)21(14-26,20(27)28)7-3-4-8-23/h5-6,11-12H,3-4,7-10,13-14,23H2,1-2H3,(H,27,28)(H,29,30)/t21-/m0/s1. The number of imidazole rings is 1. The molecule has 1 unspecified atom stereocenters. The molecule has 0 radical (unpaired) electrons. The number of hydrogen-bond acceptors (Lipinski definition) is 5. The first-order chi connectivity index (χ1) is 14.6. The number of halogens is 1. The van der Waals surface area contributed by atoms with Crippen molar-refractivity contribution >= 4 is 13.3 Å². The van der Waals surface area contributed by atoms with Crippen LogP contribution in [-0.4, -0.2) is 61.4 Å². The molecule has 10 heteroatoms. The third-order valence-corrected chi connectivity index (χ3v) is 8.98. The zero-order valence-corrected chi connectivity index (χ0v) is 18.8. The summed E-state index contributed by atoms with van der Waals surface area (Å²) in [5.74, 6) is -0.839. The molecule has 1 aliphatic heterocycles. The lowest BCUT2D eigenvalue weighted by atomic mass is 9.98. The second kappa shape index (κ2) is 9.20. The van der Waals surface area contributed by atoms with E-state index in [9.17, 15) is 23.7 Å². The quantitative estimate of drug-likeness (QED) is 0.416. The fourth-order valence-electron chi connectivity index (χ4n) is 4.24. The van der Waals surface area contributed by atoms with Crippen molar-refractivity contribution in [2.75, 3.05) is 25.8 Å². The summed E-state index contributed by atoms with van der Waals surface area (Å²) in [6.07, 6.45) is 2.75. The molecule has 0 spiro atoms. The molecule has 2 atom stereocenters. The maximum Gasteiger partial charge on any atom is 0.320 e. The van der Waals surface area contributed by atoms with E-state index in [4.69, 9.17) is 5.73 Å². The van der Waals surface area contributed by atoms with Crippen molar-refractivity contribution < 1.29 is 23.7 Å². The Bertz CT molecular complexity index is 1010. The van der Waals surface area contributed by atoms with Gasteiger partial charge in [-0.15, -0.1) is 0 Å². The van der Waals surface area contributed by atoms with Gasteiger partial charge in [0.25, 0.3) is 0 Å². The number of carbonyl (C=O) groups is 1. The molecule has 0 amide bonds. The number of nitrogens with two attached hydrogens (primary N) is 1. The summed E-state index contributed by atoms with van der Waals surface area (Å²) in [4.78, 5) is 29.0. The molecule has 1 fully saturated rings. The number of rotatable bonds is 8. The fraction of sp³-hybridized carbons (Fsp3) is 0.524. The predicted octanol–water partition coefficient (Wildman–Crippen LogP) is 2.57. The molecule has 1 aromatic carbocycles. The number of benzene rings is 1. The number of unbranched alkanes of at least 4 members (excludes halogenated alkanes) is 1. The summed E-state index contributed by atoms with van der Waals surface area (Å²) in [7, 11) is -2.06. The lowest BCUT2D eigenvalue weighted by Gasteiger charge is -2.43. The van der Waals surface area contributed by atoms with E-state index in [0.717, 1.165) is 17.1 Å². The normalized spacial score (nSPS) is 24.4. The van der Waals surface area contributed by atoms with Gasteiger partial charge in [0, 0.05) is 38.4 Å². The van der Waals surface area contributed by atoms with Crippen LogP contribution in [0.15, 0.2) is 24.4 Å². The minimum atomic E-state index is -3.90. The van der Waals surface area contributed by atoms with E-state index < -0.39 is 18.5 Å². The Kier molecular flexibility index (Phi) is 7.01. The highest BCUT2D eigenvalue weighted by molar-refractivity contribution is 7.61. The fourth-order valence-corrected chi connectivity index (χ4v) is 6.45. The molecule has 0 saturated carbocycles. The van der Waals surface area contributed by atoms with E-state index in [-0.39, 0.29) is 24.9 Å². The third-order valence-electron chi connectivity index (χ3n) is 6.28. The van der Waals surface area contributed by atoms with Crippen molar-refractivity contribution in [1.29, 1.82) is 0 Å². The molecule has 0 aliphatic carbocycles. The highest BCUT2D eigenvalue weighted by Crippen LogP contribution is 2.59. The van der Waals surface area contributed by atoms with Crippen LogP contribution >= 0.6 is 7.37 Å². The number of aryl methyl sites for hydroxylation is 1. The third kappa shape index (κ3) is 4.60. The van der Waals surface area contributed by atoms with Crippen LogP contribution in [0.5, 0.6) is 0 Å². The van der Waals surface area contributed by atoms with Crippen LogP contribution in [0, 0.1) is 12.7 Å². The van der Waals surface area contributed by atoms with E-state index in [2.05, 4.69) is 4.98 Å². The molecule has 3 rings (SSSR count). The van der Waals surface area contributed by atoms with E-state index in [1.54, 1.807) is 12.3 Å². The molecule has 0 bridgehead atoms. The largest absolute Gasteiger partial charge is 0.480 e. The van der Waals surface area contributed by atoms with Crippen molar-refractivity contribution in [3.8, 4) is 11.3 Å². The Balaban J connectivity index is 1.92. The van der Waals surface area contributed by atoms with Gasteiger partial charge in [-0.2, -0.15) is 0 Å². The van der Waals surface area contributed by atoms with E-state index in [1.165, 1.54) is 12.1 Å². The maximum atomic E-state index is 14.1. The first-order valence-corrected chi connectivity index (χ1v) is 12.2. The van der Waals surface area contributed by atoms with Crippen molar-refractivity contribution in [2.24, 2.45) is 12.8 Å². The van der Waals surface area contributed by atoms with E-state index in [1.807, 2.05) is 23.4 Å². The van der Waals surface area contributed by atoms with Gasteiger partial charge in [-0.3, -0.25) is 14.3 Å². The number of nitrogens with zero attached hydrogens (tertiary/aromatic N) is 3. The van der Waals surface area contributed by atoms with Crippen LogP contribution in [0.2, 0.25) is 0 Å². The minimum absolute atomic E-state index is 0.0398. The second-order valence-electron chi connectivity index (χ2n) is 8.27. The average molecular weight is 452 g/mol. The summed E-state index contributed by atoms with van der Waals surface area (Å²) < 4.78 is 28.9. The Morgan fingerprint density at radius 3 is 2.74 bits per heavy atom. The van der Waals surface area contributed by atoms with Gasteiger partial charge >= 0.3 is 5.97 Å². The smallest absolute Gasteiger partial charge is 0.320 e. The van der Waals surface area contributed by atoms with Crippen molar-refractivity contribution in [2.45, 2.75) is 37.9 Å². The van der Waals surface area contributed by atoms with Gasteiger partial charge in [0.1, 0.15) is 11.6 Å². The summed E-state index contributed by atoms with van der Waals surface area (Å²) in [5.41, 5.74) is 7.76. The van der Waals surface area contributed by atoms with Gasteiger partial charge in [-0.1, -0.05) is 12.5 Å². The highest BCUT2D eigenvalue weighted by atomic mass is 31.2. The van der Waals surface area contributed by atoms with Crippen LogP contribution < -0.4 is 5.73 Å². The summed E-state index contributed by atoms with van der Waals surface area (Å²) in [5, 5.41) is 8.25. The molecular formula is C21H30FN4O4P. The highest BCUT2D eigenvalue weighted by Gasteiger charge is 2.56. The molecule has 31 heavy (non-hydrogen) atoms. The molecule has 1 saturated heterocycles. The molecule has 1 aromatic heterocycles. The van der Waals surface area contributed by atoms with Crippen LogP contribution in [0.1, 0.15) is 30.7 Å². The molecule has 170 valence electrons. The van der Waals surface area contributed by atoms with E-state index >= 15 is 0 Å². The first-order valence-electron chi connectivity index (χ1n) is 10.4. The van der Waals surface area contributed by atoms with Crippen LogP contribution in [-0.2, 0) is 23.0 Å². The summed E-state index contributed by atoms with van der Waals surface area (Å²) in [6.45, 7) is 2.85. The maximum absolute atomic E-state index is 14.1. The molecule has 2 aromatic rings. The van der Waals surface area contributed by atoms with Gasteiger partial charge < -0.3 is 20.3 Å². The number of carboxylic acid groups (broad SMARTS) is 1. The van der Waals surface area contributed by atoms with E-state index in [0.29, 0.717) is 38.0 Å². The monoisotopic (exact) mass is 452 g/mol. The Hall–Kier alpha value is -2.06. The Morgan fingerprint density at radius 2 is 2.13 bits per heavy atom. The van der Waals surface area contributed by atoms with Gasteiger partial charge in [0.2, 0.25) is 7.37 Å². The Morgan fingerprint density at radius 1 is 1.39 bits per heavy atom. The van der Waals surface area contributed by atoms with Crippen LogP contribution in [0.4, 0.5) is 4.39 Å². The van der Waals surface area contributed by atoms with Gasteiger partial charge in [-0.05, 0) is 44.0 Å². The molecule has 4 N–H and O–H groups in total. The molecule has 1 aliphatic rings. The van der Waals surface area contributed by atoms with Gasteiger partial charge in [0.15, 0.2) is 5.16 Å². The van der Waals surface area contributed by atoms with Crippen LogP contribution in [0.25, 0.3) is 11.3 Å². The predicted molar refractivity (Wildman–Crippen MR) is 117 cm³/mol. The number of carboxylic acids is 1. The van der Waals surface area contributed by atoms with Gasteiger partial charge in [0.05, 0.1) is 11.9 Å². The summed E-state index contributed by atoms with van der Waals surface area (Å²) >= 11 is 0. The van der Waals surface area contributed by atoms with Crippen molar-refractivity contribution in [1.82, 2.24) is 14.5 Å². The van der Waals surface area contributed by atoms with Gasteiger partial charge in [-0.25, -0.2) is 9.37 Å².